The second kappa shape index (κ2) is 8.87. The summed E-state index contributed by atoms with van der Waals surface area (Å²) < 4.78 is 5.79. The maximum Gasteiger partial charge on any atom is 0.335 e. The van der Waals surface area contributed by atoms with E-state index in [9.17, 15) is 4.79 Å². The highest BCUT2D eigenvalue weighted by Gasteiger charge is 2.19. The molecule has 2 aromatic rings. The van der Waals surface area contributed by atoms with Crippen LogP contribution in [-0.4, -0.2) is 23.4 Å². The second-order valence-corrected chi connectivity index (χ2v) is 7.80. The lowest BCUT2D eigenvalue weighted by Gasteiger charge is -2.23. The summed E-state index contributed by atoms with van der Waals surface area (Å²) in [5.41, 5.74) is 5.30. The number of allylic oxidation sites excluding steroid dienone is 1. The first kappa shape index (κ1) is 21.4. The normalized spacial score (nSPS) is 12.8. The van der Waals surface area contributed by atoms with Gasteiger partial charge in [0.1, 0.15) is 5.75 Å². The molecule has 0 radical (unpaired) electrons. The zero-order valence-corrected chi connectivity index (χ0v) is 17.5. The first-order valence-corrected chi connectivity index (χ1v) is 9.46. The van der Waals surface area contributed by atoms with E-state index in [1.165, 1.54) is 5.56 Å². The molecule has 2 rings (SSSR count). The maximum absolute atomic E-state index is 11.0. The Hall–Kier alpha value is -2.88. The molecule has 2 aromatic carbocycles. The summed E-state index contributed by atoms with van der Waals surface area (Å²) in [5, 5.41) is 9.00. The second-order valence-electron chi connectivity index (χ2n) is 7.80. The summed E-state index contributed by atoms with van der Waals surface area (Å²) in [4.78, 5) is 15.5. The molecular formula is C24H29NO3. The third-order valence-corrected chi connectivity index (χ3v) is 4.54. The van der Waals surface area contributed by atoms with Gasteiger partial charge in [-0.1, -0.05) is 39.0 Å². The van der Waals surface area contributed by atoms with Gasteiger partial charge in [-0.3, -0.25) is 4.99 Å². The lowest BCUT2D eigenvalue weighted by molar-refractivity contribution is 0.0697. The van der Waals surface area contributed by atoms with Crippen molar-refractivity contribution in [2.75, 3.05) is 6.61 Å². The number of carboxylic acid groups (broad SMARTS) is 1. The fourth-order valence-electron chi connectivity index (χ4n) is 2.84. The van der Waals surface area contributed by atoms with Gasteiger partial charge in [-0.2, -0.15) is 0 Å². The van der Waals surface area contributed by atoms with Crippen molar-refractivity contribution in [3.05, 3.63) is 70.9 Å². The molecule has 0 amide bonds. The van der Waals surface area contributed by atoms with Gasteiger partial charge in [0.05, 0.1) is 12.2 Å². The van der Waals surface area contributed by atoms with Gasteiger partial charge in [-0.15, -0.1) is 0 Å². The van der Waals surface area contributed by atoms with Gasteiger partial charge in [0, 0.05) is 17.5 Å². The number of rotatable bonds is 6. The smallest absolute Gasteiger partial charge is 0.335 e. The van der Waals surface area contributed by atoms with Gasteiger partial charge in [0.2, 0.25) is 0 Å². The summed E-state index contributed by atoms with van der Waals surface area (Å²) in [6.45, 7) is 13.1. The van der Waals surface area contributed by atoms with E-state index in [-0.39, 0.29) is 11.0 Å². The molecular weight excluding hydrogens is 350 g/mol. The van der Waals surface area contributed by atoms with E-state index in [0.717, 1.165) is 28.2 Å². The monoisotopic (exact) mass is 379 g/mol. The van der Waals surface area contributed by atoms with Gasteiger partial charge >= 0.3 is 5.97 Å². The van der Waals surface area contributed by atoms with Crippen LogP contribution < -0.4 is 4.74 Å². The fourth-order valence-corrected chi connectivity index (χ4v) is 2.84. The lowest BCUT2D eigenvalue weighted by Crippen LogP contribution is -2.14. The maximum atomic E-state index is 11.0. The Kier molecular flexibility index (Phi) is 6.79. The predicted octanol–water partition coefficient (Wildman–Crippen LogP) is 5.95. The minimum atomic E-state index is -0.929. The average Bonchev–Trinajstić information content (AvgIpc) is 2.65. The predicted molar refractivity (Wildman–Crippen MR) is 116 cm³/mol. The largest absolute Gasteiger partial charge is 0.494 e. The molecule has 0 unspecified atom stereocenters. The standard InChI is InChI=1S/C24H29NO3/c1-7-28-22-13-12-20(14-21(22)24(4,5)6)16(2)15-25-17(3)18-8-10-19(11-9-18)23(26)27/h8-15H,7H2,1-6H3,(H,26,27)/b16-15+,25-17+. The van der Waals surface area contributed by atoms with Crippen LogP contribution in [-0.2, 0) is 5.41 Å². The van der Waals surface area contributed by atoms with Crippen LogP contribution in [0.15, 0.2) is 53.7 Å². The molecule has 4 nitrogen and oxygen atoms in total. The van der Waals surface area contributed by atoms with Crippen molar-refractivity contribution in [1.82, 2.24) is 0 Å². The van der Waals surface area contributed by atoms with Gasteiger partial charge in [0.25, 0.3) is 0 Å². The zero-order valence-electron chi connectivity index (χ0n) is 17.5. The van der Waals surface area contributed by atoms with Gasteiger partial charge < -0.3 is 9.84 Å². The fraction of sp³-hybridized carbons (Fsp3) is 0.333. The molecule has 0 saturated heterocycles. The minimum Gasteiger partial charge on any atom is -0.494 e. The Labute approximate surface area is 167 Å². The van der Waals surface area contributed by atoms with Crippen LogP contribution in [0.4, 0.5) is 0 Å². The van der Waals surface area contributed by atoms with Crippen molar-refractivity contribution in [2.24, 2.45) is 4.99 Å². The number of aliphatic imine (C=N–C) groups is 1. The summed E-state index contributed by atoms with van der Waals surface area (Å²) in [5.74, 6) is -0.00761. The molecule has 0 atom stereocenters. The van der Waals surface area contributed by atoms with Crippen LogP contribution >= 0.6 is 0 Å². The molecule has 0 aliphatic carbocycles. The summed E-state index contributed by atoms with van der Waals surface area (Å²) in [6, 6.07) is 13.0. The number of nitrogens with zero attached hydrogens (tertiary/aromatic N) is 1. The third-order valence-electron chi connectivity index (χ3n) is 4.54. The topological polar surface area (TPSA) is 58.9 Å². The molecule has 0 aliphatic heterocycles. The van der Waals surface area contributed by atoms with E-state index >= 15 is 0 Å². The molecule has 0 aliphatic rings. The van der Waals surface area contributed by atoms with Crippen LogP contribution in [0.25, 0.3) is 5.57 Å². The van der Waals surface area contributed by atoms with E-state index in [2.05, 4.69) is 37.9 Å². The highest BCUT2D eigenvalue weighted by atomic mass is 16.5. The number of benzene rings is 2. The molecule has 0 spiro atoms. The van der Waals surface area contributed by atoms with Crippen molar-refractivity contribution in [3.63, 3.8) is 0 Å². The summed E-state index contributed by atoms with van der Waals surface area (Å²) in [6.07, 6.45) is 1.85. The Morgan fingerprint density at radius 1 is 1.04 bits per heavy atom. The number of hydrogen-bond acceptors (Lipinski definition) is 3. The van der Waals surface area contributed by atoms with Crippen LogP contribution in [0, 0.1) is 0 Å². The van der Waals surface area contributed by atoms with Crippen LogP contribution in [0.2, 0.25) is 0 Å². The van der Waals surface area contributed by atoms with Gasteiger partial charge in [-0.05, 0) is 67.2 Å². The number of carboxylic acids is 1. The quantitative estimate of drug-likeness (QED) is 0.631. The molecule has 1 N–H and O–H groups in total. The molecule has 4 heteroatoms. The highest BCUT2D eigenvalue weighted by molar-refractivity contribution is 6.00. The third kappa shape index (κ3) is 5.32. The molecule has 0 aromatic heterocycles. The molecule has 0 saturated carbocycles. The van der Waals surface area contributed by atoms with Crippen molar-refractivity contribution >= 4 is 17.3 Å². The van der Waals surface area contributed by atoms with E-state index in [4.69, 9.17) is 9.84 Å². The number of carbonyl (C=O) groups is 1. The number of hydrogen-bond donors (Lipinski definition) is 1. The Morgan fingerprint density at radius 2 is 1.61 bits per heavy atom. The number of aromatic carboxylic acids is 1. The van der Waals surface area contributed by atoms with Crippen LogP contribution in [0.3, 0.4) is 0 Å². The van der Waals surface area contributed by atoms with Gasteiger partial charge in [0.15, 0.2) is 0 Å². The molecule has 0 heterocycles. The minimum absolute atomic E-state index is 0.0220. The zero-order chi connectivity index (χ0) is 20.9. The Morgan fingerprint density at radius 3 is 2.14 bits per heavy atom. The Bertz CT molecular complexity index is 900. The van der Waals surface area contributed by atoms with Crippen molar-refractivity contribution in [1.29, 1.82) is 0 Å². The van der Waals surface area contributed by atoms with E-state index < -0.39 is 5.97 Å². The summed E-state index contributed by atoms with van der Waals surface area (Å²) in [7, 11) is 0. The van der Waals surface area contributed by atoms with Crippen molar-refractivity contribution in [3.8, 4) is 5.75 Å². The summed E-state index contributed by atoms with van der Waals surface area (Å²) >= 11 is 0. The molecule has 0 fully saturated rings. The van der Waals surface area contributed by atoms with E-state index in [1.54, 1.807) is 24.3 Å². The van der Waals surface area contributed by atoms with Crippen LogP contribution in [0.5, 0.6) is 5.75 Å². The lowest BCUT2D eigenvalue weighted by atomic mass is 9.84. The van der Waals surface area contributed by atoms with E-state index in [0.29, 0.717) is 6.61 Å². The first-order valence-electron chi connectivity index (χ1n) is 9.46. The Balaban J connectivity index is 2.31. The molecule has 148 valence electrons. The SMILES string of the molecule is CCOc1ccc(/C(C)=C/N=C(\C)c2ccc(C(=O)O)cc2)cc1C(C)(C)C. The van der Waals surface area contributed by atoms with Crippen LogP contribution in [0.1, 0.15) is 68.6 Å². The van der Waals surface area contributed by atoms with E-state index in [1.807, 2.05) is 33.0 Å². The van der Waals surface area contributed by atoms with Crippen molar-refractivity contribution < 1.29 is 14.6 Å². The molecule has 0 bridgehead atoms. The highest BCUT2D eigenvalue weighted by Crippen LogP contribution is 2.33. The van der Waals surface area contributed by atoms with Crippen molar-refractivity contribution in [2.45, 2.75) is 47.0 Å². The first-order chi connectivity index (χ1) is 13.1. The van der Waals surface area contributed by atoms with Gasteiger partial charge in [-0.25, -0.2) is 4.79 Å². The molecule has 28 heavy (non-hydrogen) atoms. The number of ether oxygens (including phenoxy) is 1. The average molecular weight is 380 g/mol.